The number of methoxy groups -OCH3 is 1. The minimum absolute atomic E-state index is 0.0541. The van der Waals surface area contributed by atoms with Gasteiger partial charge in [0, 0.05) is 13.2 Å². The molecule has 0 atom stereocenters. The number of esters is 1. The molecule has 0 unspecified atom stereocenters. The van der Waals surface area contributed by atoms with Crippen LogP contribution in [0.2, 0.25) is 0 Å². The average Bonchev–Trinajstić information content (AvgIpc) is 2.44. The van der Waals surface area contributed by atoms with E-state index in [0.717, 1.165) is 0 Å². The Kier molecular flexibility index (Phi) is 6.92. The summed E-state index contributed by atoms with van der Waals surface area (Å²) in [5.74, 6) is 0.0266. The van der Waals surface area contributed by atoms with Gasteiger partial charge in [0.2, 0.25) is 0 Å². The number of carbonyl (C=O) groups is 1. The van der Waals surface area contributed by atoms with Crippen LogP contribution >= 0.6 is 0 Å². The van der Waals surface area contributed by atoms with Crippen LogP contribution in [0.1, 0.15) is 24.2 Å². The molecule has 106 valence electrons. The molecule has 1 aromatic carbocycles. The van der Waals surface area contributed by atoms with E-state index in [2.05, 4.69) is 0 Å². The molecule has 19 heavy (non-hydrogen) atoms. The van der Waals surface area contributed by atoms with Crippen molar-refractivity contribution in [3.8, 4) is 5.75 Å². The molecule has 0 aliphatic rings. The molecule has 0 aliphatic carbocycles. The molecule has 0 spiro atoms. The standard InChI is InChI=1S/C14H20O5/c1-4-17-13(18-5-2)10-19-14(15)11-8-6-7-9-12(11)16-3/h6-9,13H,4-5,10H2,1-3H3. The number of carbonyl (C=O) groups excluding carboxylic acids is 1. The Labute approximate surface area is 113 Å². The molecule has 1 rings (SSSR count). The topological polar surface area (TPSA) is 54.0 Å². The molecule has 0 heterocycles. The summed E-state index contributed by atoms with van der Waals surface area (Å²) >= 11 is 0. The Morgan fingerprint density at radius 2 is 1.79 bits per heavy atom. The summed E-state index contributed by atoms with van der Waals surface area (Å²) in [5.41, 5.74) is 0.386. The van der Waals surface area contributed by atoms with Gasteiger partial charge in [0.15, 0.2) is 6.29 Å². The van der Waals surface area contributed by atoms with E-state index in [1.54, 1.807) is 24.3 Å². The maximum absolute atomic E-state index is 11.9. The van der Waals surface area contributed by atoms with Gasteiger partial charge in [0.1, 0.15) is 17.9 Å². The van der Waals surface area contributed by atoms with E-state index >= 15 is 0 Å². The molecule has 0 fully saturated rings. The number of benzene rings is 1. The molecule has 0 bridgehead atoms. The molecule has 0 saturated carbocycles. The Balaban J connectivity index is 2.58. The highest BCUT2D eigenvalue weighted by atomic mass is 16.7. The zero-order valence-corrected chi connectivity index (χ0v) is 11.5. The zero-order valence-electron chi connectivity index (χ0n) is 11.5. The van der Waals surface area contributed by atoms with Crippen molar-refractivity contribution in [2.24, 2.45) is 0 Å². The largest absolute Gasteiger partial charge is 0.496 e. The molecule has 1 aromatic rings. The maximum Gasteiger partial charge on any atom is 0.342 e. The molecule has 0 saturated heterocycles. The molecule has 0 amide bonds. The highest BCUT2D eigenvalue weighted by Gasteiger charge is 2.16. The summed E-state index contributed by atoms with van der Waals surface area (Å²) in [6.07, 6.45) is -0.534. The van der Waals surface area contributed by atoms with E-state index in [1.165, 1.54) is 7.11 Å². The van der Waals surface area contributed by atoms with Crippen LogP contribution in [0.3, 0.4) is 0 Å². The lowest BCUT2D eigenvalue weighted by Crippen LogP contribution is -2.25. The lowest BCUT2D eigenvalue weighted by Gasteiger charge is -2.17. The third-order valence-corrected chi connectivity index (χ3v) is 2.38. The van der Waals surface area contributed by atoms with Crippen molar-refractivity contribution >= 4 is 5.97 Å². The molecule has 5 nitrogen and oxygen atoms in total. The number of ether oxygens (including phenoxy) is 4. The van der Waals surface area contributed by atoms with Crippen LogP contribution in [-0.4, -0.2) is 39.2 Å². The van der Waals surface area contributed by atoms with Crippen LogP contribution in [0, 0.1) is 0 Å². The normalized spacial score (nSPS) is 10.5. The summed E-state index contributed by atoms with van der Waals surface area (Å²) < 4.78 is 20.9. The fourth-order valence-electron chi connectivity index (χ4n) is 1.55. The quantitative estimate of drug-likeness (QED) is 0.534. The zero-order chi connectivity index (χ0) is 14.1. The Morgan fingerprint density at radius 3 is 2.37 bits per heavy atom. The number of hydrogen-bond acceptors (Lipinski definition) is 5. The molecular weight excluding hydrogens is 248 g/mol. The first-order valence-corrected chi connectivity index (χ1v) is 6.26. The monoisotopic (exact) mass is 268 g/mol. The Morgan fingerprint density at radius 1 is 1.16 bits per heavy atom. The third kappa shape index (κ3) is 4.89. The van der Waals surface area contributed by atoms with E-state index in [0.29, 0.717) is 24.5 Å². The average molecular weight is 268 g/mol. The van der Waals surface area contributed by atoms with Crippen molar-refractivity contribution in [3.63, 3.8) is 0 Å². The van der Waals surface area contributed by atoms with Gasteiger partial charge in [-0.2, -0.15) is 0 Å². The van der Waals surface area contributed by atoms with Crippen molar-refractivity contribution < 1.29 is 23.7 Å². The second-order valence-electron chi connectivity index (χ2n) is 3.64. The minimum Gasteiger partial charge on any atom is -0.496 e. The van der Waals surface area contributed by atoms with Crippen LogP contribution < -0.4 is 4.74 Å². The third-order valence-electron chi connectivity index (χ3n) is 2.38. The van der Waals surface area contributed by atoms with Gasteiger partial charge < -0.3 is 18.9 Å². The van der Waals surface area contributed by atoms with E-state index in [1.807, 2.05) is 13.8 Å². The Hall–Kier alpha value is -1.59. The van der Waals surface area contributed by atoms with Gasteiger partial charge >= 0.3 is 5.97 Å². The highest BCUT2D eigenvalue weighted by Crippen LogP contribution is 2.18. The van der Waals surface area contributed by atoms with Gasteiger partial charge in [-0.25, -0.2) is 4.79 Å². The summed E-state index contributed by atoms with van der Waals surface area (Å²) in [6.45, 7) is 4.76. The number of rotatable bonds is 8. The second-order valence-corrected chi connectivity index (χ2v) is 3.64. The first kappa shape index (κ1) is 15.5. The highest BCUT2D eigenvalue weighted by molar-refractivity contribution is 5.92. The van der Waals surface area contributed by atoms with Crippen molar-refractivity contribution in [2.45, 2.75) is 20.1 Å². The van der Waals surface area contributed by atoms with E-state index < -0.39 is 12.3 Å². The molecular formula is C14H20O5. The van der Waals surface area contributed by atoms with E-state index in [9.17, 15) is 4.79 Å². The summed E-state index contributed by atoms with van der Waals surface area (Å²) in [4.78, 5) is 11.9. The van der Waals surface area contributed by atoms with Gasteiger partial charge in [-0.1, -0.05) is 12.1 Å². The fourth-order valence-corrected chi connectivity index (χ4v) is 1.55. The van der Waals surface area contributed by atoms with Crippen molar-refractivity contribution in [2.75, 3.05) is 26.9 Å². The second kappa shape index (κ2) is 8.50. The number of para-hydroxylation sites is 1. The smallest absolute Gasteiger partial charge is 0.342 e. The lowest BCUT2D eigenvalue weighted by atomic mass is 10.2. The van der Waals surface area contributed by atoms with Crippen LogP contribution in [0.15, 0.2) is 24.3 Å². The van der Waals surface area contributed by atoms with Gasteiger partial charge in [-0.15, -0.1) is 0 Å². The summed E-state index contributed by atoms with van der Waals surface area (Å²) in [7, 11) is 1.51. The molecule has 0 N–H and O–H groups in total. The molecule has 5 heteroatoms. The van der Waals surface area contributed by atoms with Crippen LogP contribution in [0.5, 0.6) is 5.75 Å². The predicted octanol–water partition coefficient (Wildman–Crippen LogP) is 2.25. The van der Waals surface area contributed by atoms with Crippen molar-refractivity contribution in [1.82, 2.24) is 0 Å². The first-order valence-electron chi connectivity index (χ1n) is 6.26. The van der Waals surface area contributed by atoms with Crippen molar-refractivity contribution in [1.29, 1.82) is 0 Å². The first-order chi connectivity index (χ1) is 9.22. The van der Waals surface area contributed by atoms with Crippen molar-refractivity contribution in [3.05, 3.63) is 29.8 Å². The lowest BCUT2D eigenvalue weighted by molar-refractivity contribution is -0.158. The predicted molar refractivity (Wildman–Crippen MR) is 70.3 cm³/mol. The van der Waals surface area contributed by atoms with Gasteiger partial charge in [0.25, 0.3) is 0 Å². The maximum atomic E-state index is 11.9. The fraction of sp³-hybridized carbons (Fsp3) is 0.500. The van der Waals surface area contributed by atoms with Crippen LogP contribution in [0.25, 0.3) is 0 Å². The van der Waals surface area contributed by atoms with Gasteiger partial charge in [-0.3, -0.25) is 0 Å². The molecule has 0 aliphatic heterocycles. The number of hydrogen-bond donors (Lipinski definition) is 0. The van der Waals surface area contributed by atoms with E-state index in [4.69, 9.17) is 18.9 Å². The summed E-state index contributed by atoms with van der Waals surface area (Å²) in [5, 5.41) is 0. The minimum atomic E-state index is -0.534. The molecule has 0 aromatic heterocycles. The summed E-state index contributed by atoms with van der Waals surface area (Å²) in [6, 6.07) is 6.90. The van der Waals surface area contributed by atoms with Crippen LogP contribution in [-0.2, 0) is 14.2 Å². The SMILES string of the molecule is CCOC(COC(=O)c1ccccc1OC)OCC. The van der Waals surface area contributed by atoms with Gasteiger partial charge in [0.05, 0.1) is 7.11 Å². The molecule has 0 radical (unpaired) electrons. The van der Waals surface area contributed by atoms with Gasteiger partial charge in [-0.05, 0) is 26.0 Å². The van der Waals surface area contributed by atoms with Crippen LogP contribution in [0.4, 0.5) is 0 Å². The Bertz CT molecular complexity index is 385. The van der Waals surface area contributed by atoms with E-state index in [-0.39, 0.29) is 6.61 Å².